The molecule has 0 radical (unpaired) electrons. The van der Waals surface area contributed by atoms with Crippen LogP contribution in [0.5, 0.6) is 0 Å². The number of hydrogen-bond donors (Lipinski definition) is 2. The largest absolute Gasteiger partial charge is 0.398 e. The third-order valence-electron chi connectivity index (χ3n) is 2.07. The van der Waals surface area contributed by atoms with Gasteiger partial charge in [0.05, 0.1) is 6.54 Å². The summed E-state index contributed by atoms with van der Waals surface area (Å²) >= 11 is 3.18. The van der Waals surface area contributed by atoms with Crippen LogP contribution in [-0.4, -0.2) is 18.9 Å². The molecular weight excluding hydrogens is 304 g/mol. The number of anilines is 1. The Hall–Kier alpha value is -0.820. The van der Waals surface area contributed by atoms with Gasteiger partial charge in [0, 0.05) is 16.7 Å². The van der Waals surface area contributed by atoms with Crippen molar-refractivity contribution >= 4 is 21.6 Å². The summed E-state index contributed by atoms with van der Waals surface area (Å²) in [5.74, 6) is -4.01. The lowest BCUT2D eigenvalue weighted by Crippen LogP contribution is -2.38. The number of hydrogen-bond acceptors (Lipinski definition) is 2. The highest BCUT2D eigenvalue weighted by Crippen LogP contribution is 2.22. The molecule has 0 aliphatic rings. The maximum absolute atomic E-state index is 12.6. The van der Waals surface area contributed by atoms with Crippen LogP contribution in [-0.2, 0) is 6.54 Å². The maximum Gasteiger partial charge on any atom is 0.319 e. The fourth-order valence-electron chi connectivity index (χ4n) is 1.13. The van der Waals surface area contributed by atoms with E-state index in [1.807, 2.05) is 0 Å². The summed E-state index contributed by atoms with van der Waals surface area (Å²) in [6, 6.07) is 4.88. The summed E-state index contributed by atoms with van der Waals surface area (Å²) < 4.78 is 49.4. The fraction of sp³-hybridized carbons (Fsp3) is 0.400. The van der Waals surface area contributed by atoms with Crippen LogP contribution in [0.4, 0.5) is 23.2 Å². The summed E-state index contributed by atoms with van der Waals surface area (Å²) in [5, 5.41) is 2.28. The summed E-state index contributed by atoms with van der Waals surface area (Å²) in [4.78, 5) is 0. The van der Waals surface area contributed by atoms with Crippen molar-refractivity contribution in [3.63, 3.8) is 0 Å². The SMILES string of the molecule is Nc1ccc(CNCC(F)(F)C(F)F)cc1Br. The number of nitrogen functional groups attached to an aromatic ring is 1. The van der Waals surface area contributed by atoms with Gasteiger partial charge in [-0.1, -0.05) is 6.07 Å². The first-order valence-electron chi connectivity index (χ1n) is 4.73. The molecule has 0 spiro atoms. The lowest BCUT2D eigenvalue weighted by atomic mass is 10.2. The molecule has 96 valence electrons. The molecule has 0 heterocycles. The minimum absolute atomic E-state index is 0.0706. The first kappa shape index (κ1) is 14.2. The number of benzene rings is 1. The molecule has 7 heteroatoms. The van der Waals surface area contributed by atoms with Crippen molar-refractivity contribution in [1.29, 1.82) is 0 Å². The van der Waals surface area contributed by atoms with E-state index in [2.05, 4.69) is 21.2 Å². The Morgan fingerprint density at radius 3 is 2.53 bits per heavy atom. The molecule has 0 aliphatic carbocycles. The predicted molar refractivity (Wildman–Crippen MR) is 61.2 cm³/mol. The molecule has 0 aliphatic heterocycles. The molecule has 0 amide bonds. The average Bonchev–Trinajstić information content (AvgIpc) is 2.23. The summed E-state index contributed by atoms with van der Waals surface area (Å²) in [6.07, 6.45) is -3.66. The van der Waals surface area contributed by atoms with Crippen molar-refractivity contribution in [2.75, 3.05) is 12.3 Å². The standard InChI is InChI=1S/C10H11BrF4N2/c11-7-3-6(1-2-8(7)16)4-17-5-10(14,15)9(12)13/h1-3,9,17H,4-5,16H2. The molecular formula is C10H11BrF4N2. The van der Waals surface area contributed by atoms with Crippen LogP contribution in [0.15, 0.2) is 22.7 Å². The molecule has 17 heavy (non-hydrogen) atoms. The predicted octanol–water partition coefficient (Wildman–Crippen LogP) is 3.02. The fourth-order valence-corrected chi connectivity index (χ4v) is 1.56. The maximum atomic E-state index is 12.6. The van der Waals surface area contributed by atoms with Crippen molar-refractivity contribution in [2.45, 2.75) is 18.9 Å². The van der Waals surface area contributed by atoms with Gasteiger partial charge in [0.15, 0.2) is 0 Å². The number of rotatable bonds is 5. The smallest absolute Gasteiger partial charge is 0.319 e. The zero-order chi connectivity index (χ0) is 13.1. The highest BCUT2D eigenvalue weighted by Gasteiger charge is 2.39. The van der Waals surface area contributed by atoms with Gasteiger partial charge in [-0.25, -0.2) is 8.78 Å². The molecule has 1 aromatic carbocycles. The first-order valence-corrected chi connectivity index (χ1v) is 5.53. The Morgan fingerprint density at radius 1 is 1.35 bits per heavy atom. The minimum atomic E-state index is -4.01. The lowest BCUT2D eigenvalue weighted by molar-refractivity contribution is -0.125. The van der Waals surface area contributed by atoms with Crippen LogP contribution in [0.25, 0.3) is 0 Å². The molecule has 3 N–H and O–H groups in total. The monoisotopic (exact) mass is 314 g/mol. The Bertz CT molecular complexity index is 385. The van der Waals surface area contributed by atoms with Crippen LogP contribution >= 0.6 is 15.9 Å². The Labute approximate surface area is 104 Å². The molecule has 0 unspecified atom stereocenters. The Balaban J connectivity index is 2.49. The summed E-state index contributed by atoms with van der Waals surface area (Å²) in [5.41, 5.74) is 6.74. The van der Waals surface area contributed by atoms with Gasteiger partial charge in [0.25, 0.3) is 0 Å². The van der Waals surface area contributed by atoms with Gasteiger partial charge < -0.3 is 11.1 Å². The van der Waals surface area contributed by atoms with Gasteiger partial charge in [-0.05, 0) is 33.6 Å². The first-order chi connectivity index (χ1) is 7.83. The van der Waals surface area contributed by atoms with Crippen molar-refractivity contribution in [3.8, 4) is 0 Å². The number of nitrogens with one attached hydrogen (secondary N) is 1. The van der Waals surface area contributed by atoms with Crippen LogP contribution in [0, 0.1) is 0 Å². The Kier molecular flexibility index (Phi) is 4.76. The van der Waals surface area contributed by atoms with E-state index in [4.69, 9.17) is 5.73 Å². The molecule has 2 nitrogen and oxygen atoms in total. The number of halogens is 5. The number of alkyl halides is 4. The van der Waals surface area contributed by atoms with Crippen molar-refractivity contribution in [2.24, 2.45) is 0 Å². The van der Waals surface area contributed by atoms with E-state index in [1.54, 1.807) is 18.2 Å². The van der Waals surface area contributed by atoms with E-state index in [0.717, 1.165) is 0 Å². The van der Waals surface area contributed by atoms with E-state index >= 15 is 0 Å². The van der Waals surface area contributed by atoms with Crippen LogP contribution in [0.3, 0.4) is 0 Å². The molecule has 0 fully saturated rings. The van der Waals surface area contributed by atoms with Crippen LogP contribution in [0.1, 0.15) is 5.56 Å². The van der Waals surface area contributed by atoms with E-state index in [0.29, 0.717) is 15.7 Å². The van der Waals surface area contributed by atoms with E-state index in [1.165, 1.54) is 0 Å². The highest BCUT2D eigenvalue weighted by molar-refractivity contribution is 9.10. The van der Waals surface area contributed by atoms with Gasteiger partial charge in [0.1, 0.15) is 0 Å². The molecule has 0 aromatic heterocycles. The van der Waals surface area contributed by atoms with E-state index < -0.39 is 18.9 Å². The zero-order valence-corrected chi connectivity index (χ0v) is 10.3. The second-order valence-corrected chi connectivity index (χ2v) is 4.38. The second-order valence-electron chi connectivity index (χ2n) is 3.52. The van der Waals surface area contributed by atoms with Crippen LogP contribution < -0.4 is 11.1 Å². The van der Waals surface area contributed by atoms with Crippen molar-refractivity contribution in [3.05, 3.63) is 28.2 Å². The minimum Gasteiger partial charge on any atom is -0.398 e. The topological polar surface area (TPSA) is 38.0 Å². The quantitative estimate of drug-likeness (QED) is 0.647. The molecule has 0 saturated heterocycles. The molecule has 0 bridgehead atoms. The summed E-state index contributed by atoms with van der Waals surface area (Å²) in [6.45, 7) is -0.992. The van der Waals surface area contributed by atoms with E-state index in [9.17, 15) is 17.6 Å². The third kappa shape index (κ3) is 4.16. The van der Waals surface area contributed by atoms with Gasteiger partial charge in [-0.2, -0.15) is 8.78 Å². The summed E-state index contributed by atoms with van der Waals surface area (Å²) in [7, 11) is 0. The van der Waals surface area contributed by atoms with Gasteiger partial charge in [-0.3, -0.25) is 0 Å². The van der Waals surface area contributed by atoms with Gasteiger partial charge >= 0.3 is 12.3 Å². The van der Waals surface area contributed by atoms with Crippen molar-refractivity contribution < 1.29 is 17.6 Å². The molecule has 1 aromatic rings. The normalized spacial score (nSPS) is 12.1. The lowest BCUT2D eigenvalue weighted by Gasteiger charge is -2.15. The highest BCUT2D eigenvalue weighted by atomic mass is 79.9. The Morgan fingerprint density at radius 2 is 2.00 bits per heavy atom. The molecule has 1 rings (SSSR count). The van der Waals surface area contributed by atoms with Gasteiger partial charge in [-0.15, -0.1) is 0 Å². The molecule has 0 saturated carbocycles. The molecule has 0 atom stereocenters. The second kappa shape index (κ2) is 5.68. The van der Waals surface area contributed by atoms with Crippen molar-refractivity contribution in [1.82, 2.24) is 5.32 Å². The van der Waals surface area contributed by atoms with Gasteiger partial charge in [0.2, 0.25) is 0 Å². The van der Waals surface area contributed by atoms with Crippen LogP contribution in [0.2, 0.25) is 0 Å². The van der Waals surface area contributed by atoms with E-state index in [-0.39, 0.29) is 6.54 Å². The third-order valence-corrected chi connectivity index (χ3v) is 2.76. The average molecular weight is 315 g/mol. The number of nitrogens with two attached hydrogens (primary N) is 1. The zero-order valence-electron chi connectivity index (χ0n) is 8.69.